The second-order valence-electron chi connectivity index (χ2n) is 7.21. The van der Waals surface area contributed by atoms with Gasteiger partial charge in [0.2, 0.25) is 5.91 Å². The summed E-state index contributed by atoms with van der Waals surface area (Å²) in [5, 5.41) is 13.1. The van der Waals surface area contributed by atoms with Crippen LogP contribution >= 0.6 is 23.1 Å². The Balaban J connectivity index is 1.35. The molecule has 4 aromatic rings. The molecule has 7 nitrogen and oxygen atoms in total. The van der Waals surface area contributed by atoms with Crippen molar-refractivity contribution < 1.29 is 14.3 Å². The van der Waals surface area contributed by atoms with Gasteiger partial charge in [0.15, 0.2) is 0 Å². The zero-order valence-corrected chi connectivity index (χ0v) is 20.7. The van der Waals surface area contributed by atoms with Gasteiger partial charge in [-0.2, -0.15) is 0 Å². The molecule has 0 aliphatic heterocycles. The number of anilines is 1. The minimum atomic E-state index is -0.109. The fourth-order valence-corrected chi connectivity index (χ4v) is 4.80. The predicted molar refractivity (Wildman–Crippen MR) is 137 cm³/mol. The summed E-state index contributed by atoms with van der Waals surface area (Å²) < 4.78 is 10.6. The van der Waals surface area contributed by atoms with Crippen LogP contribution < -0.4 is 14.8 Å². The second-order valence-corrected chi connectivity index (χ2v) is 9.21. The van der Waals surface area contributed by atoms with Crippen molar-refractivity contribution in [2.75, 3.05) is 24.8 Å². The molecule has 0 saturated carbocycles. The number of ether oxygens (including phenoxy) is 2. The molecule has 2 aromatic heterocycles. The van der Waals surface area contributed by atoms with Crippen molar-refractivity contribution in [3.8, 4) is 32.6 Å². The number of methoxy groups -OCH3 is 1. The first kappa shape index (κ1) is 23.7. The van der Waals surface area contributed by atoms with Crippen molar-refractivity contribution >= 4 is 34.7 Å². The fourth-order valence-electron chi connectivity index (χ4n) is 3.15. The van der Waals surface area contributed by atoms with E-state index in [1.165, 1.54) is 11.8 Å². The van der Waals surface area contributed by atoms with Crippen molar-refractivity contribution in [2.24, 2.45) is 0 Å². The van der Waals surface area contributed by atoms with Crippen molar-refractivity contribution in [3.05, 3.63) is 66.4 Å². The number of thiazole rings is 1. The Labute approximate surface area is 206 Å². The van der Waals surface area contributed by atoms with Gasteiger partial charge in [0.1, 0.15) is 27.2 Å². The van der Waals surface area contributed by atoms with E-state index in [1.54, 1.807) is 18.4 Å². The standard InChI is InChI=1S/C25H24N4O3S2/c1-4-32-20-11-7-18(8-12-20)27-22(30)15-33-23-14-13-21(28-29-23)24-16(2)26-25(34-24)17-5-9-19(31-3)10-6-17/h5-14H,4,15H2,1-3H3,(H,27,30). The van der Waals surface area contributed by atoms with E-state index in [2.05, 4.69) is 15.5 Å². The first-order valence-electron chi connectivity index (χ1n) is 10.7. The Morgan fingerprint density at radius 1 is 1.00 bits per heavy atom. The highest BCUT2D eigenvalue weighted by Gasteiger charge is 2.14. The van der Waals surface area contributed by atoms with Crippen LogP contribution in [0.3, 0.4) is 0 Å². The molecular weight excluding hydrogens is 468 g/mol. The molecule has 2 aromatic carbocycles. The van der Waals surface area contributed by atoms with Gasteiger partial charge >= 0.3 is 0 Å². The summed E-state index contributed by atoms with van der Waals surface area (Å²) in [4.78, 5) is 18.0. The molecule has 0 atom stereocenters. The van der Waals surface area contributed by atoms with Crippen LogP contribution in [0, 0.1) is 6.92 Å². The third-order valence-corrected chi connectivity index (χ3v) is 6.96. The number of nitrogens with zero attached hydrogens (tertiary/aromatic N) is 3. The van der Waals surface area contributed by atoms with Crippen LogP contribution in [0.5, 0.6) is 11.5 Å². The molecule has 174 valence electrons. The molecule has 0 aliphatic carbocycles. The van der Waals surface area contributed by atoms with Gasteiger partial charge in [-0.15, -0.1) is 21.5 Å². The number of rotatable bonds is 9. The highest BCUT2D eigenvalue weighted by atomic mass is 32.2. The molecule has 4 rings (SSSR count). The molecule has 34 heavy (non-hydrogen) atoms. The van der Waals surface area contributed by atoms with Crippen LogP contribution in [-0.4, -0.2) is 40.6 Å². The fraction of sp³-hybridized carbons (Fsp3) is 0.200. The summed E-state index contributed by atoms with van der Waals surface area (Å²) in [7, 11) is 1.65. The molecule has 2 heterocycles. The maximum Gasteiger partial charge on any atom is 0.234 e. The molecule has 0 fully saturated rings. The molecule has 0 bridgehead atoms. The third-order valence-electron chi connectivity index (χ3n) is 4.81. The van der Waals surface area contributed by atoms with Gasteiger partial charge < -0.3 is 14.8 Å². The molecule has 0 saturated heterocycles. The molecule has 0 unspecified atom stereocenters. The second kappa shape index (κ2) is 11.1. The Hall–Kier alpha value is -3.43. The normalized spacial score (nSPS) is 10.7. The zero-order chi connectivity index (χ0) is 23.9. The van der Waals surface area contributed by atoms with Gasteiger partial charge in [-0.1, -0.05) is 11.8 Å². The maximum absolute atomic E-state index is 12.3. The van der Waals surface area contributed by atoms with Crippen LogP contribution in [0.4, 0.5) is 5.69 Å². The number of carbonyl (C=O) groups is 1. The molecule has 1 N–H and O–H groups in total. The van der Waals surface area contributed by atoms with E-state index in [9.17, 15) is 4.79 Å². The van der Waals surface area contributed by atoms with Gasteiger partial charge in [0, 0.05) is 11.3 Å². The number of aromatic nitrogens is 3. The van der Waals surface area contributed by atoms with Crippen molar-refractivity contribution in [2.45, 2.75) is 18.9 Å². The van der Waals surface area contributed by atoms with Crippen LogP contribution in [0.15, 0.2) is 65.7 Å². The number of benzene rings is 2. The average molecular weight is 493 g/mol. The molecule has 0 aliphatic rings. The minimum Gasteiger partial charge on any atom is -0.497 e. The minimum absolute atomic E-state index is 0.109. The quantitative estimate of drug-likeness (QED) is 0.299. The highest BCUT2D eigenvalue weighted by Crippen LogP contribution is 2.35. The molecular formula is C25H24N4O3S2. The molecule has 0 spiro atoms. The van der Waals surface area contributed by atoms with E-state index in [0.717, 1.165) is 44.0 Å². The largest absolute Gasteiger partial charge is 0.497 e. The lowest BCUT2D eigenvalue weighted by atomic mass is 10.2. The van der Waals surface area contributed by atoms with Gasteiger partial charge in [-0.05, 0) is 74.5 Å². The van der Waals surface area contributed by atoms with Crippen LogP contribution in [0.2, 0.25) is 0 Å². The Morgan fingerprint density at radius 3 is 2.38 bits per heavy atom. The van der Waals surface area contributed by atoms with Crippen LogP contribution in [0.25, 0.3) is 21.1 Å². The lowest BCUT2D eigenvalue weighted by molar-refractivity contribution is -0.113. The van der Waals surface area contributed by atoms with E-state index < -0.39 is 0 Å². The summed E-state index contributed by atoms with van der Waals surface area (Å²) in [6.07, 6.45) is 0. The van der Waals surface area contributed by atoms with Crippen LogP contribution in [0.1, 0.15) is 12.6 Å². The van der Waals surface area contributed by atoms with Crippen molar-refractivity contribution in [3.63, 3.8) is 0 Å². The Morgan fingerprint density at radius 2 is 1.74 bits per heavy atom. The van der Waals surface area contributed by atoms with E-state index >= 15 is 0 Å². The number of aryl methyl sites for hydroxylation is 1. The summed E-state index contributed by atoms with van der Waals surface area (Å²) in [5.74, 6) is 1.71. The first-order chi connectivity index (χ1) is 16.6. The van der Waals surface area contributed by atoms with Gasteiger partial charge in [0.05, 0.1) is 30.0 Å². The SMILES string of the molecule is CCOc1ccc(NC(=O)CSc2ccc(-c3sc(-c4ccc(OC)cc4)nc3C)nn2)cc1. The smallest absolute Gasteiger partial charge is 0.234 e. The molecule has 1 amide bonds. The molecule has 9 heteroatoms. The summed E-state index contributed by atoms with van der Waals surface area (Å²) in [6, 6.07) is 18.9. The highest BCUT2D eigenvalue weighted by molar-refractivity contribution is 7.99. The Bertz CT molecular complexity index is 1240. The topological polar surface area (TPSA) is 86.2 Å². The van der Waals surface area contributed by atoms with E-state index in [-0.39, 0.29) is 11.7 Å². The van der Waals surface area contributed by atoms with Gasteiger partial charge in [0.25, 0.3) is 0 Å². The lowest BCUT2D eigenvalue weighted by Gasteiger charge is -2.07. The van der Waals surface area contributed by atoms with Crippen molar-refractivity contribution in [1.29, 1.82) is 0 Å². The summed E-state index contributed by atoms with van der Waals surface area (Å²) in [5.41, 5.74) is 3.42. The maximum atomic E-state index is 12.3. The lowest BCUT2D eigenvalue weighted by Crippen LogP contribution is -2.14. The van der Waals surface area contributed by atoms with Gasteiger partial charge in [-0.25, -0.2) is 4.98 Å². The average Bonchev–Trinajstić information content (AvgIpc) is 3.26. The van der Waals surface area contributed by atoms with E-state index in [1.807, 2.05) is 74.5 Å². The monoisotopic (exact) mass is 492 g/mol. The molecule has 0 radical (unpaired) electrons. The first-order valence-corrected chi connectivity index (χ1v) is 12.5. The third kappa shape index (κ3) is 5.92. The number of thioether (sulfide) groups is 1. The number of hydrogen-bond donors (Lipinski definition) is 1. The predicted octanol–water partition coefficient (Wildman–Crippen LogP) is 5.71. The number of amides is 1. The summed E-state index contributed by atoms with van der Waals surface area (Å²) in [6.45, 7) is 4.50. The Kier molecular flexibility index (Phi) is 7.76. The van der Waals surface area contributed by atoms with E-state index in [0.29, 0.717) is 11.6 Å². The van der Waals surface area contributed by atoms with Gasteiger partial charge in [-0.3, -0.25) is 4.79 Å². The number of nitrogens with one attached hydrogen (secondary N) is 1. The number of carbonyl (C=O) groups excluding carboxylic acids is 1. The van der Waals surface area contributed by atoms with E-state index in [4.69, 9.17) is 14.5 Å². The van der Waals surface area contributed by atoms with Crippen molar-refractivity contribution in [1.82, 2.24) is 15.2 Å². The number of hydrogen-bond acceptors (Lipinski definition) is 8. The zero-order valence-electron chi connectivity index (χ0n) is 19.1. The van der Waals surface area contributed by atoms with Crippen LogP contribution in [-0.2, 0) is 4.79 Å². The summed E-state index contributed by atoms with van der Waals surface area (Å²) >= 11 is 2.91.